The standard InChI is InChI=1S/C11H17N5O3/c1-3-16-8-7(9(18)15(2)11(16)19)13-10(14-8)12-5-4-6-17/h17H,3-6H2,1-2H3,(H2,12,13,14). The Labute approximate surface area is 108 Å². The SMILES string of the molecule is CCn1c(=O)n(C)c(=O)c2[nH]c(NCCCO)nc21. The van der Waals surface area contributed by atoms with Crippen LogP contribution in [0, 0.1) is 0 Å². The van der Waals surface area contributed by atoms with Gasteiger partial charge in [0.25, 0.3) is 5.56 Å². The van der Waals surface area contributed by atoms with Crippen molar-refractivity contribution in [1.29, 1.82) is 0 Å². The molecule has 0 aliphatic rings. The summed E-state index contributed by atoms with van der Waals surface area (Å²) in [5.41, 5.74) is -0.127. The average molecular weight is 267 g/mol. The molecular formula is C11H17N5O3. The molecular weight excluding hydrogens is 250 g/mol. The largest absolute Gasteiger partial charge is 0.396 e. The molecule has 0 aliphatic carbocycles. The van der Waals surface area contributed by atoms with Gasteiger partial charge >= 0.3 is 5.69 Å². The normalized spacial score (nSPS) is 11.1. The summed E-state index contributed by atoms with van der Waals surface area (Å²) < 4.78 is 2.49. The number of anilines is 1. The minimum absolute atomic E-state index is 0.0780. The lowest BCUT2D eigenvalue weighted by atomic mass is 10.4. The quantitative estimate of drug-likeness (QED) is 0.617. The highest BCUT2D eigenvalue weighted by molar-refractivity contribution is 5.72. The molecule has 2 aromatic rings. The number of nitrogens with zero attached hydrogens (tertiary/aromatic N) is 3. The second kappa shape index (κ2) is 5.27. The predicted molar refractivity (Wildman–Crippen MR) is 71.5 cm³/mol. The lowest BCUT2D eigenvalue weighted by Gasteiger charge is -2.04. The van der Waals surface area contributed by atoms with Crippen LogP contribution in [0.15, 0.2) is 9.59 Å². The van der Waals surface area contributed by atoms with Crippen molar-refractivity contribution in [3.63, 3.8) is 0 Å². The van der Waals surface area contributed by atoms with Crippen molar-refractivity contribution >= 4 is 17.1 Å². The topological polar surface area (TPSA) is 105 Å². The number of imidazole rings is 1. The van der Waals surface area contributed by atoms with E-state index in [0.717, 1.165) is 4.57 Å². The molecule has 19 heavy (non-hydrogen) atoms. The number of fused-ring (bicyclic) bond motifs is 1. The van der Waals surface area contributed by atoms with Crippen LogP contribution in [0.25, 0.3) is 11.2 Å². The van der Waals surface area contributed by atoms with E-state index >= 15 is 0 Å². The van der Waals surface area contributed by atoms with Crippen molar-refractivity contribution in [2.45, 2.75) is 19.9 Å². The molecule has 0 amide bonds. The Morgan fingerprint density at radius 1 is 1.42 bits per heavy atom. The molecule has 2 heterocycles. The second-order valence-electron chi connectivity index (χ2n) is 4.18. The van der Waals surface area contributed by atoms with Crippen LogP contribution in [-0.2, 0) is 13.6 Å². The van der Waals surface area contributed by atoms with Crippen LogP contribution in [0.1, 0.15) is 13.3 Å². The van der Waals surface area contributed by atoms with Crippen LogP contribution in [0.4, 0.5) is 5.95 Å². The zero-order valence-corrected chi connectivity index (χ0v) is 10.9. The Morgan fingerprint density at radius 2 is 2.16 bits per heavy atom. The highest BCUT2D eigenvalue weighted by Crippen LogP contribution is 2.08. The highest BCUT2D eigenvalue weighted by atomic mass is 16.3. The molecule has 2 rings (SSSR count). The molecule has 0 radical (unpaired) electrons. The van der Waals surface area contributed by atoms with Crippen LogP contribution in [0.2, 0.25) is 0 Å². The van der Waals surface area contributed by atoms with Gasteiger partial charge in [-0.1, -0.05) is 0 Å². The number of aliphatic hydroxyl groups is 1. The third-order valence-electron chi connectivity index (χ3n) is 2.92. The van der Waals surface area contributed by atoms with E-state index in [1.165, 1.54) is 11.6 Å². The molecule has 2 aromatic heterocycles. The number of aromatic amines is 1. The van der Waals surface area contributed by atoms with Gasteiger partial charge in [0, 0.05) is 26.7 Å². The lowest BCUT2D eigenvalue weighted by molar-refractivity contribution is 0.292. The first-order valence-electron chi connectivity index (χ1n) is 6.14. The molecule has 0 spiro atoms. The molecule has 0 aromatic carbocycles. The van der Waals surface area contributed by atoms with Crippen LogP contribution in [-0.4, -0.2) is 37.4 Å². The van der Waals surface area contributed by atoms with E-state index in [9.17, 15) is 9.59 Å². The molecule has 8 heteroatoms. The zero-order chi connectivity index (χ0) is 14.0. The van der Waals surface area contributed by atoms with E-state index in [-0.39, 0.29) is 12.3 Å². The van der Waals surface area contributed by atoms with E-state index in [4.69, 9.17) is 5.11 Å². The van der Waals surface area contributed by atoms with Crippen LogP contribution in [0.5, 0.6) is 0 Å². The number of rotatable bonds is 5. The van der Waals surface area contributed by atoms with Crippen molar-refractivity contribution < 1.29 is 5.11 Å². The van der Waals surface area contributed by atoms with Gasteiger partial charge in [0.1, 0.15) is 0 Å². The Morgan fingerprint density at radius 3 is 2.79 bits per heavy atom. The van der Waals surface area contributed by atoms with Crippen molar-refractivity contribution in [2.24, 2.45) is 7.05 Å². The summed E-state index contributed by atoms with van der Waals surface area (Å²) in [5.74, 6) is 0.424. The van der Waals surface area contributed by atoms with Gasteiger partial charge in [-0.05, 0) is 13.3 Å². The maximum Gasteiger partial charge on any atom is 0.332 e. The van der Waals surface area contributed by atoms with Crippen molar-refractivity contribution in [1.82, 2.24) is 19.1 Å². The fourth-order valence-corrected chi connectivity index (χ4v) is 1.89. The average Bonchev–Trinajstić information content (AvgIpc) is 2.81. The molecule has 8 nitrogen and oxygen atoms in total. The summed E-state index contributed by atoms with van der Waals surface area (Å²) in [6, 6.07) is 0. The molecule has 0 aliphatic heterocycles. The summed E-state index contributed by atoms with van der Waals surface area (Å²) >= 11 is 0. The fraction of sp³-hybridized carbons (Fsp3) is 0.545. The molecule has 0 bridgehead atoms. The monoisotopic (exact) mass is 267 g/mol. The highest BCUT2D eigenvalue weighted by Gasteiger charge is 2.14. The van der Waals surface area contributed by atoms with Gasteiger partial charge in [0.05, 0.1) is 0 Å². The number of hydrogen-bond acceptors (Lipinski definition) is 5. The fourth-order valence-electron chi connectivity index (χ4n) is 1.89. The van der Waals surface area contributed by atoms with Crippen molar-refractivity contribution in [3.8, 4) is 0 Å². The first kappa shape index (κ1) is 13.3. The Kier molecular flexibility index (Phi) is 3.70. The first-order chi connectivity index (χ1) is 9.10. The Bertz CT molecular complexity index is 697. The predicted octanol–water partition coefficient (Wildman–Crippen LogP) is -0.762. The minimum atomic E-state index is -0.396. The lowest BCUT2D eigenvalue weighted by Crippen LogP contribution is -2.37. The van der Waals surface area contributed by atoms with E-state index in [2.05, 4.69) is 15.3 Å². The van der Waals surface area contributed by atoms with Gasteiger partial charge in [-0.25, -0.2) is 4.79 Å². The molecule has 0 saturated carbocycles. The maximum absolute atomic E-state index is 12.0. The third kappa shape index (κ3) is 2.26. The van der Waals surface area contributed by atoms with Crippen LogP contribution >= 0.6 is 0 Å². The number of nitrogens with one attached hydrogen (secondary N) is 2. The van der Waals surface area contributed by atoms with Crippen molar-refractivity contribution in [2.75, 3.05) is 18.5 Å². The van der Waals surface area contributed by atoms with E-state index in [1.54, 1.807) is 0 Å². The summed E-state index contributed by atoms with van der Waals surface area (Å²) in [7, 11) is 1.44. The van der Waals surface area contributed by atoms with Crippen LogP contribution in [0.3, 0.4) is 0 Å². The summed E-state index contributed by atoms with van der Waals surface area (Å²) in [5, 5.41) is 11.7. The smallest absolute Gasteiger partial charge is 0.332 e. The first-order valence-corrected chi connectivity index (χ1v) is 6.14. The number of hydrogen-bond donors (Lipinski definition) is 3. The number of aryl methyl sites for hydroxylation is 1. The number of aliphatic hydroxyl groups excluding tert-OH is 1. The molecule has 0 saturated heterocycles. The molecule has 0 fully saturated rings. The van der Waals surface area contributed by atoms with Gasteiger partial charge < -0.3 is 15.4 Å². The molecule has 0 atom stereocenters. The number of aromatic nitrogens is 4. The molecule has 104 valence electrons. The van der Waals surface area contributed by atoms with Crippen molar-refractivity contribution in [3.05, 3.63) is 20.8 Å². The number of H-pyrrole nitrogens is 1. The second-order valence-corrected chi connectivity index (χ2v) is 4.18. The zero-order valence-electron chi connectivity index (χ0n) is 10.9. The van der Waals surface area contributed by atoms with E-state index in [1.807, 2.05) is 6.92 Å². The van der Waals surface area contributed by atoms with Crippen LogP contribution < -0.4 is 16.6 Å². The van der Waals surface area contributed by atoms with Gasteiger partial charge in [0.15, 0.2) is 11.2 Å². The molecule has 3 N–H and O–H groups in total. The van der Waals surface area contributed by atoms with Gasteiger partial charge in [-0.15, -0.1) is 0 Å². The van der Waals surface area contributed by atoms with Gasteiger partial charge in [-0.2, -0.15) is 4.98 Å². The Hall–Kier alpha value is -2.09. The third-order valence-corrected chi connectivity index (χ3v) is 2.92. The van der Waals surface area contributed by atoms with E-state index in [0.29, 0.717) is 36.6 Å². The molecule has 0 unspecified atom stereocenters. The minimum Gasteiger partial charge on any atom is -0.396 e. The van der Waals surface area contributed by atoms with E-state index < -0.39 is 5.56 Å². The summed E-state index contributed by atoms with van der Waals surface area (Å²) in [4.78, 5) is 31.0. The van der Waals surface area contributed by atoms with Gasteiger partial charge in [0.2, 0.25) is 5.95 Å². The maximum atomic E-state index is 12.0. The summed E-state index contributed by atoms with van der Waals surface area (Å²) in [6.45, 7) is 2.87. The Balaban J connectivity index is 2.55. The van der Waals surface area contributed by atoms with Gasteiger partial charge in [-0.3, -0.25) is 13.9 Å². The summed E-state index contributed by atoms with van der Waals surface area (Å²) in [6.07, 6.45) is 0.579.